The Morgan fingerprint density at radius 3 is 1.44 bits per heavy atom. The number of hydrogen-bond acceptors (Lipinski definition) is 23. The van der Waals surface area contributed by atoms with Crippen LogP contribution >= 0.6 is 7.82 Å². The van der Waals surface area contributed by atoms with E-state index in [2.05, 4.69) is 38.8 Å². The molecule has 1 heterocycles. The molecule has 4 unspecified atom stereocenters. The van der Waals surface area contributed by atoms with Gasteiger partial charge in [0.1, 0.15) is 62.1 Å². The number of aliphatic hydroxyl groups is 2. The van der Waals surface area contributed by atoms with E-state index < -0.39 is 37.6 Å². The van der Waals surface area contributed by atoms with E-state index in [4.69, 9.17) is 101 Å². The number of benzene rings is 3. The number of carbonyl (C=O) groups is 6. The summed E-state index contributed by atoms with van der Waals surface area (Å²) in [6.45, 7) is 2.30. The van der Waals surface area contributed by atoms with Crippen molar-refractivity contribution >= 4 is 50.7 Å². The Morgan fingerprint density at radius 1 is 0.640 bits per heavy atom. The molecule has 0 aliphatic carbocycles. The number of nitrogens with zero attached hydrogens (tertiary/aromatic N) is 1. The summed E-state index contributed by atoms with van der Waals surface area (Å²) in [6, 6.07) is 26.8. The molecule has 1 saturated heterocycles. The van der Waals surface area contributed by atoms with Crippen LogP contribution in [0.5, 0.6) is 11.5 Å². The highest BCUT2D eigenvalue weighted by atomic mass is 31.2. The fourth-order valence-corrected chi connectivity index (χ4v) is 11.0. The molecular weight excluding hydrogens is 1310 g/mol. The van der Waals surface area contributed by atoms with Gasteiger partial charge in [0, 0.05) is 118 Å². The molecule has 3 aromatic carbocycles. The number of nitrogens with one attached hydrogen (secondary N) is 3. The average Bonchev–Trinajstić information content (AvgIpc) is 0.890. The Morgan fingerprint density at radius 2 is 1.05 bits per heavy atom. The lowest BCUT2D eigenvalue weighted by molar-refractivity contribution is -0.124. The molecule has 7 atom stereocenters. The predicted molar refractivity (Wildman–Crippen MR) is 373 cm³/mol. The molecule has 0 spiro atoms. The van der Waals surface area contributed by atoms with Crippen LogP contribution in [0.1, 0.15) is 95.6 Å². The van der Waals surface area contributed by atoms with Crippen molar-refractivity contribution < 1.29 is 106 Å². The Kier molecular flexibility index (Phi) is 48.9. The normalized spacial score (nSPS) is 15.4. The smallest absolute Gasteiger partial charge is 0.475 e. The van der Waals surface area contributed by atoms with E-state index >= 15 is 0 Å². The second kappa shape index (κ2) is 56.3. The highest BCUT2D eigenvalue weighted by Gasteiger charge is 2.40. The van der Waals surface area contributed by atoms with Crippen molar-refractivity contribution in [1.82, 2.24) is 16.0 Å². The number of rotatable bonds is 50. The van der Waals surface area contributed by atoms with Crippen LogP contribution in [-0.4, -0.2) is 221 Å². The minimum Gasteiger partial charge on any atom is -0.497 e. The van der Waals surface area contributed by atoms with Crippen LogP contribution in [0.3, 0.4) is 0 Å². The average molecular weight is 1420 g/mol. The van der Waals surface area contributed by atoms with Crippen LogP contribution in [0, 0.1) is 66.1 Å². The van der Waals surface area contributed by atoms with Gasteiger partial charge >= 0.3 is 7.82 Å². The Hall–Kier alpha value is -7.38. The van der Waals surface area contributed by atoms with Crippen molar-refractivity contribution in [2.24, 2.45) is 17.8 Å². The number of Topliss-reactive ketones (excluding diaryl/α,β-unsaturated/α-hetero) is 3. The number of amides is 3. The van der Waals surface area contributed by atoms with E-state index in [1.807, 2.05) is 84.9 Å². The molecule has 3 amide bonds. The third kappa shape index (κ3) is 39.0. The number of nitriles is 1. The third-order valence-electron chi connectivity index (χ3n) is 14.3. The minimum absolute atomic E-state index is 0.00809. The number of methoxy groups -OCH3 is 5. The van der Waals surface area contributed by atoms with E-state index in [1.165, 1.54) is 21.3 Å². The van der Waals surface area contributed by atoms with E-state index in [-0.39, 0.29) is 217 Å². The van der Waals surface area contributed by atoms with Gasteiger partial charge in [0.25, 0.3) is 0 Å². The predicted octanol–water partition coefficient (Wildman–Crippen LogP) is 5.63. The number of aliphatic hydroxyl groups excluding tert-OH is 2. The van der Waals surface area contributed by atoms with Crippen LogP contribution in [-0.2, 0) is 90.4 Å². The van der Waals surface area contributed by atoms with E-state index in [0.29, 0.717) is 13.2 Å². The van der Waals surface area contributed by atoms with Crippen LogP contribution in [0.15, 0.2) is 78.9 Å². The lowest BCUT2D eigenvalue weighted by Crippen LogP contribution is -2.36. The van der Waals surface area contributed by atoms with Crippen LogP contribution in [0.25, 0.3) is 0 Å². The molecule has 2 radical (unpaired) electrons. The van der Waals surface area contributed by atoms with Gasteiger partial charge in [0.2, 0.25) is 19.2 Å². The van der Waals surface area contributed by atoms with Gasteiger partial charge in [0.15, 0.2) is 0 Å². The van der Waals surface area contributed by atoms with E-state index in [0.717, 1.165) is 28.2 Å². The van der Waals surface area contributed by atoms with Gasteiger partial charge in [-0.25, -0.2) is 4.57 Å². The lowest BCUT2D eigenvalue weighted by Gasteiger charge is -2.37. The summed E-state index contributed by atoms with van der Waals surface area (Å²) >= 11 is 0. The molecule has 0 bridgehead atoms. The molecule has 0 aromatic heterocycles. The molecule has 550 valence electrons. The summed E-state index contributed by atoms with van der Waals surface area (Å²) in [6.07, 6.45) is 15.5. The number of phosphoric ester groups is 1. The summed E-state index contributed by atoms with van der Waals surface area (Å²) in [5.41, 5.74) is 1.74. The second-order valence-corrected chi connectivity index (χ2v) is 23.7. The molecular formula is C72H102BN4O22P. The number of terminal acetylenes is 3. The van der Waals surface area contributed by atoms with Crippen LogP contribution in [0.4, 0.5) is 0 Å². The first-order valence-corrected chi connectivity index (χ1v) is 33.8. The maximum absolute atomic E-state index is 13.3. The number of ether oxygens (including phenoxy) is 10. The molecule has 1 aliphatic rings. The zero-order valence-electron chi connectivity index (χ0n) is 60.5. The van der Waals surface area contributed by atoms with Gasteiger partial charge < -0.3 is 73.5 Å². The molecule has 26 nitrogen and oxygen atoms in total. The topological polar surface area (TPSA) is 340 Å². The van der Waals surface area contributed by atoms with Crippen molar-refractivity contribution in [1.29, 1.82) is 6.69 Å². The maximum atomic E-state index is 13.3. The molecule has 4 rings (SSSR count). The van der Waals surface area contributed by atoms with Crippen molar-refractivity contribution in [2.45, 2.75) is 101 Å². The summed E-state index contributed by atoms with van der Waals surface area (Å²) in [7, 11) is 10.7. The van der Waals surface area contributed by atoms with Gasteiger partial charge in [-0.15, -0.1) is 19.3 Å². The van der Waals surface area contributed by atoms with Gasteiger partial charge in [-0.05, 0) is 54.3 Å². The summed E-state index contributed by atoms with van der Waals surface area (Å²) < 4.78 is 96.7. The fourth-order valence-electron chi connectivity index (χ4n) is 9.50. The zero-order chi connectivity index (χ0) is 75.7. The number of hydrogen-bond donors (Lipinski definition) is 5. The van der Waals surface area contributed by atoms with Crippen molar-refractivity contribution in [3.8, 4) is 54.6 Å². The third-order valence-corrected chi connectivity index (χ3v) is 15.8. The number of phosphoric acid groups is 1. The summed E-state index contributed by atoms with van der Waals surface area (Å²) in [5, 5.41) is 29.3. The van der Waals surface area contributed by atoms with Gasteiger partial charge in [0.05, 0.1) is 118 Å². The van der Waals surface area contributed by atoms with Crippen molar-refractivity contribution in [2.75, 3.05) is 148 Å². The number of carbonyl (C=O) groups excluding carboxylic acids is 6. The second-order valence-electron chi connectivity index (χ2n) is 22.1. The first-order chi connectivity index (χ1) is 49.3. The SMILES string of the molecule is C#CCOCCC(=O)NCCC(=O)CC(CO)COC.C#CCOCCC(=O)NCCC(=O)CC(COC)COC(c1ccccc1)(c1ccc(OC)cc1)c1ccc(OC)cc1.[2H]C[C@H]1O[C@@H]([B])C[C@H]1OP(=O)(OCCC#N)OCC(COC)CC(=O)CCNC(=O)CCOCC#C.[3H]OC. The fraction of sp³-hybridized carbons (Fsp3) is 0.569. The minimum atomic E-state index is -4.16. The first kappa shape index (κ1) is 86.8. The Labute approximate surface area is 594 Å². The zero-order valence-corrected chi connectivity index (χ0v) is 59.4. The number of ketones is 3. The van der Waals surface area contributed by atoms with E-state index in [1.54, 1.807) is 21.3 Å². The maximum Gasteiger partial charge on any atom is 0.475 e. The summed E-state index contributed by atoms with van der Waals surface area (Å²) in [5.74, 6) is 6.78. The summed E-state index contributed by atoms with van der Waals surface area (Å²) in [4.78, 5) is 72.1. The molecule has 0 saturated carbocycles. The molecule has 5 N–H and O–H groups in total. The molecule has 28 heteroatoms. The Bertz CT molecular complexity index is 3000. The highest BCUT2D eigenvalue weighted by Crippen LogP contribution is 2.53. The van der Waals surface area contributed by atoms with Crippen LogP contribution in [0.2, 0.25) is 0 Å². The molecule has 1 aliphatic heterocycles. The molecule has 100 heavy (non-hydrogen) atoms. The largest absolute Gasteiger partial charge is 0.497 e. The molecule has 3 aromatic rings. The van der Waals surface area contributed by atoms with Gasteiger partial charge in [-0.1, -0.05) is 72.4 Å². The van der Waals surface area contributed by atoms with Crippen molar-refractivity contribution in [3.63, 3.8) is 0 Å². The van der Waals surface area contributed by atoms with Gasteiger partial charge in [-0.3, -0.25) is 42.3 Å². The van der Waals surface area contributed by atoms with Crippen LogP contribution < -0.4 is 25.4 Å². The van der Waals surface area contributed by atoms with Gasteiger partial charge in [-0.2, -0.15) is 5.26 Å². The molecule has 1 fully saturated rings. The van der Waals surface area contributed by atoms with Crippen molar-refractivity contribution in [3.05, 3.63) is 95.6 Å². The Balaban J connectivity index is 0.000000796. The highest BCUT2D eigenvalue weighted by molar-refractivity contribution is 7.48. The van der Waals surface area contributed by atoms with E-state index in [9.17, 15) is 33.3 Å². The quantitative estimate of drug-likeness (QED) is 0.0150. The standard InChI is InChI=1S/C35H41NO7.C22H34BN2O9P.C14H23NO5.CH4O/c1-5-22-42-23-20-34(38)36-21-19-31(37)24-27(25-39-2)26-43-35(28-9-7-6-8-10-28,29-11-15-32(40-3)16-12-29)30-13-17-33(41-4)18-14-30;1-4-10-30-12-7-22(27)25-9-6-19(26)13-18(15-29-3)16-32-35(28,31-11-5-8-24)34-20-14-21(23)33-17(20)2;1-3-7-20-8-5-14(18)15-6-4-13(17)9-12(10-16)11-19-2;1-2/h1,6-18,27H,19-26H2,2-4H3,(H,36,38);1,17-18,20-21H,5-7,9-16H2,2-3H3,(H,25,27);1,12,16H,4-11H2,2H3,(H,15,18);2H,1H3/t;17-,18?,20-,21-,35?;;/m.1../s1/i;2D;;2T. The monoisotopic (exact) mass is 1420 g/mol. The lowest BCUT2D eigenvalue weighted by atomic mass is 9.79. The first-order valence-electron chi connectivity index (χ1n) is 33.5.